The Bertz CT molecular complexity index is 507. The lowest BCUT2D eigenvalue weighted by Crippen LogP contribution is -2.47. The summed E-state index contributed by atoms with van der Waals surface area (Å²) in [6.07, 6.45) is 2.44. The van der Waals surface area contributed by atoms with Crippen LogP contribution in [0.3, 0.4) is 0 Å². The van der Waals surface area contributed by atoms with Crippen molar-refractivity contribution in [2.45, 2.75) is 32.7 Å². The van der Waals surface area contributed by atoms with Crippen molar-refractivity contribution < 1.29 is 9.90 Å². The molecule has 0 aliphatic carbocycles. The smallest absolute Gasteiger partial charge is 0.310 e. The highest BCUT2D eigenvalue weighted by atomic mass is 79.9. The van der Waals surface area contributed by atoms with Gasteiger partial charge in [-0.1, -0.05) is 13.0 Å². The van der Waals surface area contributed by atoms with Crippen molar-refractivity contribution in [3.63, 3.8) is 0 Å². The van der Waals surface area contributed by atoms with E-state index in [4.69, 9.17) is 0 Å². The van der Waals surface area contributed by atoms with E-state index in [2.05, 4.69) is 48.9 Å². The van der Waals surface area contributed by atoms with E-state index in [1.165, 1.54) is 5.56 Å². The third-order valence-electron chi connectivity index (χ3n) is 4.18. The van der Waals surface area contributed by atoms with Crippen LogP contribution < -0.4 is 0 Å². The number of carbonyl (C=O) groups is 1. The molecule has 0 radical (unpaired) electrons. The standard InChI is InChI=1S/C15H19Br2NO2/c1-2-15(14(19)20)6-3-7-18(10-15)9-11-4-5-12(16)13(17)8-11/h4-5,8H,2-3,6-7,9-10H2,1H3,(H,19,20). The second kappa shape index (κ2) is 6.58. The van der Waals surface area contributed by atoms with Crippen molar-refractivity contribution >= 4 is 37.8 Å². The summed E-state index contributed by atoms with van der Waals surface area (Å²) in [6.45, 7) is 4.41. The zero-order valence-corrected chi connectivity index (χ0v) is 14.7. The summed E-state index contributed by atoms with van der Waals surface area (Å²) in [7, 11) is 0. The first kappa shape index (κ1) is 16.0. The predicted octanol–water partition coefficient (Wildman–Crippen LogP) is 4.29. The van der Waals surface area contributed by atoms with Gasteiger partial charge in [-0.15, -0.1) is 0 Å². The lowest BCUT2D eigenvalue weighted by Gasteiger charge is -2.39. The zero-order chi connectivity index (χ0) is 14.8. The highest BCUT2D eigenvalue weighted by Crippen LogP contribution is 2.34. The van der Waals surface area contributed by atoms with E-state index in [0.717, 1.165) is 34.9 Å². The van der Waals surface area contributed by atoms with Gasteiger partial charge in [0.2, 0.25) is 0 Å². The Balaban J connectivity index is 2.09. The van der Waals surface area contributed by atoms with Crippen LogP contribution in [0, 0.1) is 5.41 Å². The number of nitrogens with zero attached hydrogens (tertiary/aromatic N) is 1. The molecule has 110 valence electrons. The average Bonchev–Trinajstić information content (AvgIpc) is 2.43. The Labute approximate surface area is 136 Å². The third kappa shape index (κ3) is 3.43. The minimum absolute atomic E-state index is 0.565. The first-order valence-electron chi connectivity index (χ1n) is 6.86. The summed E-state index contributed by atoms with van der Waals surface area (Å²) in [6, 6.07) is 6.19. The predicted molar refractivity (Wildman–Crippen MR) is 86.7 cm³/mol. The van der Waals surface area contributed by atoms with Crippen LogP contribution in [-0.4, -0.2) is 29.1 Å². The van der Waals surface area contributed by atoms with Gasteiger partial charge in [0.1, 0.15) is 0 Å². The van der Waals surface area contributed by atoms with Crippen LogP contribution in [0.25, 0.3) is 0 Å². The summed E-state index contributed by atoms with van der Waals surface area (Å²) < 4.78 is 2.07. The number of piperidine rings is 1. The molecule has 0 bridgehead atoms. The average molecular weight is 405 g/mol. The third-order valence-corrected chi connectivity index (χ3v) is 6.06. The van der Waals surface area contributed by atoms with E-state index >= 15 is 0 Å². The summed E-state index contributed by atoms with van der Waals surface area (Å²) in [5.41, 5.74) is 0.641. The second-order valence-electron chi connectivity index (χ2n) is 5.50. The van der Waals surface area contributed by atoms with Gasteiger partial charge in [-0.05, 0) is 75.4 Å². The molecule has 1 aliphatic rings. The lowest BCUT2D eigenvalue weighted by atomic mass is 9.77. The molecule has 1 aliphatic heterocycles. The van der Waals surface area contributed by atoms with E-state index in [-0.39, 0.29) is 0 Å². The number of likely N-dealkylation sites (tertiary alicyclic amines) is 1. The molecule has 1 saturated heterocycles. The quantitative estimate of drug-likeness (QED) is 0.813. The SMILES string of the molecule is CCC1(C(=O)O)CCCN(Cc2ccc(Br)c(Br)c2)C1. The molecular formula is C15H19Br2NO2. The van der Waals surface area contributed by atoms with Crippen LogP contribution in [0.2, 0.25) is 0 Å². The summed E-state index contributed by atoms with van der Waals surface area (Å²) in [5, 5.41) is 9.51. The largest absolute Gasteiger partial charge is 0.481 e. The molecule has 1 unspecified atom stereocenters. The van der Waals surface area contributed by atoms with Crippen molar-refractivity contribution in [3.8, 4) is 0 Å². The number of benzene rings is 1. The number of carboxylic acid groups (broad SMARTS) is 1. The molecule has 0 amide bonds. The molecular weight excluding hydrogens is 386 g/mol. The van der Waals surface area contributed by atoms with Gasteiger partial charge in [-0.25, -0.2) is 0 Å². The topological polar surface area (TPSA) is 40.5 Å². The number of aliphatic carboxylic acids is 1. The molecule has 1 fully saturated rings. The Morgan fingerprint density at radius 3 is 2.75 bits per heavy atom. The lowest BCUT2D eigenvalue weighted by molar-refractivity contribution is -0.153. The summed E-state index contributed by atoms with van der Waals surface area (Å²) in [4.78, 5) is 13.8. The zero-order valence-electron chi connectivity index (χ0n) is 11.5. The van der Waals surface area contributed by atoms with Crippen LogP contribution in [0.1, 0.15) is 31.7 Å². The number of hydrogen-bond donors (Lipinski definition) is 1. The maximum Gasteiger partial charge on any atom is 0.310 e. The Hall–Kier alpha value is -0.390. The maximum absolute atomic E-state index is 11.6. The van der Waals surface area contributed by atoms with Gasteiger partial charge in [-0.2, -0.15) is 0 Å². The minimum atomic E-state index is -0.651. The molecule has 3 nitrogen and oxygen atoms in total. The fourth-order valence-corrected chi connectivity index (χ4v) is 3.55. The molecule has 20 heavy (non-hydrogen) atoms. The van der Waals surface area contributed by atoms with Crippen LogP contribution in [-0.2, 0) is 11.3 Å². The molecule has 2 rings (SSSR count). The highest BCUT2D eigenvalue weighted by molar-refractivity contribution is 9.13. The van der Waals surface area contributed by atoms with E-state index in [1.807, 2.05) is 13.0 Å². The van der Waals surface area contributed by atoms with Gasteiger partial charge >= 0.3 is 5.97 Å². The van der Waals surface area contributed by atoms with Gasteiger partial charge in [0.05, 0.1) is 5.41 Å². The number of halogens is 2. The van der Waals surface area contributed by atoms with Crippen LogP contribution in [0.4, 0.5) is 0 Å². The number of carboxylic acids is 1. The van der Waals surface area contributed by atoms with Gasteiger partial charge in [0.15, 0.2) is 0 Å². The molecule has 5 heteroatoms. The fourth-order valence-electron chi connectivity index (χ4n) is 2.87. The van der Waals surface area contributed by atoms with Crippen molar-refractivity contribution in [3.05, 3.63) is 32.7 Å². The summed E-state index contributed by atoms with van der Waals surface area (Å²) in [5.74, 6) is -0.651. The van der Waals surface area contributed by atoms with E-state index in [1.54, 1.807) is 0 Å². The number of hydrogen-bond acceptors (Lipinski definition) is 2. The van der Waals surface area contributed by atoms with Crippen LogP contribution in [0.15, 0.2) is 27.1 Å². The van der Waals surface area contributed by atoms with Crippen LogP contribution >= 0.6 is 31.9 Å². The van der Waals surface area contributed by atoms with Gasteiger partial charge in [0, 0.05) is 22.0 Å². The fraction of sp³-hybridized carbons (Fsp3) is 0.533. The monoisotopic (exact) mass is 403 g/mol. The van der Waals surface area contributed by atoms with E-state index < -0.39 is 11.4 Å². The van der Waals surface area contributed by atoms with Gasteiger partial charge < -0.3 is 5.11 Å². The highest BCUT2D eigenvalue weighted by Gasteiger charge is 2.40. The van der Waals surface area contributed by atoms with Crippen LogP contribution in [0.5, 0.6) is 0 Å². The molecule has 1 heterocycles. The van der Waals surface area contributed by atoms with Gasteiger partial charge in [-0.3, -0.25) is 9.69 Å². The summed E-state index contributed by atoms with van der Waals surface area (Å²) >= 11 is 6.98. The molecule has 0 saturated carbocycles. The Morgan fingerprint density at radius 1 is 1.40 bits per heavy atom. The van der Waals surface area contributed by atoms with E-state index in [9.17, 15) is 9.90 Å². The molecule has 1 aromatic rings. The minimum Gasteiger partial charge on any atom is -0.481 e. The second-order valence-corrected chi connectivity index (χ2v) is 7.21. The maximum atomic E-state index is 11.6. The normalized spacial score (nSPS) is 23.8. The first-order valence-corrected chi connectivity index (χ1v) is 8.45. The molecule has 1 N–H and O–H groups in total. The van der Waals surface area contributed by atoms with Crippen molar-refractivity contribution in [1.82, 2.24) is 4.90 Å². The Morgan fingerprint density at radius 2 is 2.15 bits per heavy atom. The molecule has 1 atom stereocenters. The Kier molecular flexibility index (Phi) is 5.26. The van der Waals surface area contributed by atoms with Gasteiger partial charge in [0.25, 0.3) is 0 Å². The van der Waals surface area contributed by atoms with Crippen molar-refractivity contribution in [2.75, 3.05) is 13.1 Å². The molecule has 0 aromatic heterocycles. The first-order chi connectivity index (χ1) is 9.47. The molecule has 1 aromatic carbocycles. The van der Waals surface area contributed by atoms with Crippen molar-refractivity contribution in [1.29, 1.82) is 0 Å². The molecule has 0 spiro atoms. The van der Waals surface area contributed by atoms with Crippen molar-refractivity contribution in [2.24, 2.45) is 5.41 Å². The number of rotatable bonds is 4. The van der Waals surface area contributed by atoms with E-state index in [0.29, 0.717) is 13.0 Å².